The smallest absolute Gasteiger partial charge is 0.174 e. The summed E-state index contributed by atoms with van der Waals surface area (Å²) in [5, 5.41) is 22.3. The summed E-state index contributed by atoms with van der Waals surface area (Å²) < 4.78 is 6.02. The Morgan fingerprint density at radius 1 is 1.32 bits per heavy atom. The molecule has 25 heavy (non-hydrogen) atoms. The highest BCUT2D eigenvalue weighted by atomic mass is 16.5. The van der Waals surface area contributed by atoms with Crippen LogP contribution in [-0.4, -0.2) is 51.7 Å². The summed E-state index contributed by atoms with van der Waals surface area (Å²) >= 11 is 0. The van der Waals surface area contributed by atoms with Crippen LogP contribution in [0.4, 0.5) is 0 Å². The number of phenolic OH excluding ortho intramolecular Hbond substituents is 1. The van der Waals surface area contributed by atoms with Gasteiger partial charge in [0.25, 0.3) is 0 Å². The van der Waals surface area contributed by atoms with Crippen molar-refractivity contribution >= 4 is 5.78 Å². The number of carbonyl (C=O) groups is 1. The number of carbonyl (C=O) groups excluding carboxylic acids is 1. The Bertz CT molecular complexity index is 879. The number of aromatic hydroxyl groups is 1. The lowest BCUT2D eigenvalue weighted by Crippen LogP contribution is -2.76. The van der Waals surface area contributed by atoms with Crippen LogP contribution in [0, 0.1) is 5.92 Å². The minimum Gasteiger partial charge on any atom is -0.504 e. The Hall–Kier alpha value is -1.59. The summed E-state index contributed by atoms with van der Waals surface area (Å²) in [6.45, 7) is 2.04. The van der Waals surface area contributed by atoms with Crippen molar-refractivity contribution < 1.29 is 19.7 Å². The summed E-state index contributed by atoms with van der Waals surface area (Å²) in [6.07, 6.45) is 3.67. The van der Waals surface area contributed by atoms with Crippen LogP contribution in [-0.2, 0) is 15.6 Å². The third-order valence-corrected chi connectivity index (χ3v) is 8.23. The van der Waals surface area contributed by atoms with Gasteiger partial charge in [-0.2, -0.15) is 0 Å². The van der Waals surface area contributed by atoms with E-state index in [1.165, 1.54) is 18.4 Å². The molecule has 4 aliphatic carbocycles. The van der Waals surface area contributed by atoms with E-state index in [4.69, 9.17) is 4.74 Å². The lowest BCUT2D eigenvalue weighted by Gasteiger charge is -2.61. The zero-order valence-electron chi connectivity index (χ0n) is 14.0. The summed E-state index contributed by atoms with van der Waals surface area (Å²) in [4.78, 5) is 15.2. The molecule has 2 heterocycles. The number of ether oxygens (including phenoxy) is 1. The Labute approximate surface area is 145 Å². The van der Waals surface area contributed by atoms with Gasteiger partial charge in [-0.15, -0.1) is 0 Å². The first-order chi connectivity index (χ1) is 12.0. The molecule has 0 amide bonds. The monoisotopic (exact) mass is 339 g/mol. The van der Waals surface area contributed by atoms with E-state index in [0.29, 0.717) is 18.6 Å². The van der Waals surface area contributed by atoms with Crippen molar-refractivity contribution in [3.8, 4) is 11.5 Å². The van der Waals surface area contributed by atoms with Gasteiger partial charge in [0.05, 0.1) is 17.1 Å². The number of benzene rings is 1. The molecule has 0 radical (unpaired) electrons. The second-order valence-corrected chi connectivity index (χ2v) is 9.30. The van der Waals surface area contributed by atoms with Gasteiger partial charge in [-0.3, -0.25) is 9.69 Å². The standard InChI is InChI=1S/C20H21NO4/c22-12-4-3-11-14-15(12)25-16-13(23)5-6-20(24)17-18(11,8-19(14,16)20)9-21(17)7-10-1-2-10/h3-4,10,16-17,22,24H,1-2,5-9H2. The number of aliphatic hydroxyl groups is 1. The van der Waals surface area contributed by atoms with Crippen LogP contribution >= 0.6 is 0 Å². The molecule has 2 N–H and O–H groups in total. The van der Waals surface area contributed by atoms with Crippen molar-refractivity contribution in [3.63, 3.8) is 0 Å². The fraction of sp³-hybridized carbons (Fsp3) is 0.650. The molecule has 6 aliphatic rings. The molecular formula is C20H21NO4. The number of hydrogen-bond donors (Lipinski definition) is 2. The van der Waals surface area contributed by atoms with Crippen LogP contribution in [0.1, 0.15) is 43.2 Å². The lowest BCUT2D eigenvalue weighted by atomic mass is 9.55. The third kappa shape index (κ3) is 1.14. The SMILES string of the molecule is O=C1CCC2(O)C3N(CC4CC4)CC34CC23c2c4ccc(O)c2OC13. The van der Waals surface area contributed by atoms with E-state index < -0.39 is 17.1 Å². The van der Waals surface area contributed by atoms with Gasteiger partial charge in [0.15, 0.2) is 23.4 Å². The molecule has 2 aliphatic heterocycles. The maximum atomic E-state index is 12.7. The minimum absolute atomic E-state index is 0.0614. The number of hydrogen-bond acceptors (Lipinski definition) is 5. The fourth-order valence-electron chi connectivity index (χ4n) is 7.38. The van der Waals surface area contributed by atoms with Crippen LogP contribution in [0.3, 0.4) is 0 Å². The normalized spacial score (nSPS) is 48.1. The third-order valence-electron chi connectivity index (χ3n) is 8.23. The number of rotatable bonds is 2. The van der Waals surface area contributed by atoms with Crippen LogP contribution in [0.5, 0.6) is 11.5 Å². The average Bonchev–Trinajstić information content (AvgIpc) is 3.17. The number of nitrogens with zero attached hydrogens (tertiary/aromatic N) is 1. The predicted molar refractivity (Wildman–Crippen MR) is 87.8 cm³/mol. The van der Waals surface area contributed by atoms with Gasteiger partial charge in [-0.05, 0) is 43.2 Å². The summed E-state index contributed by atoms with van der Waals surface area (Å²) in [5.74, 6) is 1.44. The van der Waals surface area contributed by atoms with Crippen molar-refractivity contribution in [1.29, 1.82) is 0 Å². The van der Waals surface area contributed by atoms with Crippen LogP contribution in [0.25, 0.3) is 0 Å². The molecule has 3 saturated carbocycles. The summed E-state index contributed by atoms with van der Waals surface area (Å²) in [7, 11) is 0. The molecule has 5 unspecified atom stereocenters. The Morgan fingerprint density at radius 2 is 2.16 bits per heavy atom. The first-order valence-electron chi connectivity index (χ1n) is 9.54. The van der Waals surface area contributed by atoms with Gasteiger partial charge >= 0.3 is 0 Å². The highest BCUT2D eigenvalue weighted by Crippen LogP contribution is 2.77. The molecule has 0 aromatic heterocycles. The topological polar surface area (TPSA) is 70.0 Å². The minimum atomic E-state index is -0.912. The molecular weight excluding hydrogens is 318 g/mol. The Balaban J connectivity index is 1.50. The van der Waals surface area contributed by atoms with Gasteiger partial charge in [0.2, 0.25) is 0 Å². The maximum absolute atomic E-state index is 12.7. The van der Waals surface area contributed by atoms with E-state index in [1.807, 2.05) is 6.07 Å². The molecule has 4 fully saturated rings. The largest absolute Gasteiger partial charge is 0.504 e. The molecule has 2 bridgehead atoms. The maximum Gasteiger partial charge on any atom is 0.174 e. The van der Waals surface area contributed by atoms with Crippen LogP contribution < -0.4 is 4.74 Å². The molecule has 7 rings (SSSR count). The van der Waals surface area contributed by atoms with Crippen LogP contribution in [0.15, 0.2) is 12.1 Å². The number of Topliss-reactive ketones (excluding diaryl/α,β-unsaturated/α-hetero) is 1. The highest BCUT2D eigenvalue weighted by Gasteiger charge is 2.86. The van der Waals surface area contributed by atoms with E-state index >= 15 is 0 Å². The first kappa shape index (κ1) is 13.6. The van der Waals surface area contributed by atoms with E-state index in [9.17, 15) is 15.0 Å². The quantitative estimate of drug-likeness (QED) is 0.848. The predicted octanol–water partition coefficient (Wildman–Crippen LogP) is 1.23. The van der Waals surface area contributed by atoms with Crippen molar-refractivity contribution in [2.45, 2.75) is 60.7 Å². The Morgan fingerprint density at radius 3 is 2.96 bits per heavy atom. The van der Waals surface area contributed by atoms with Crippen molar-refractivity contribution in [3.05, 3.63) is 23.3 Å². The Kier molecular flexibility index (Phi) is 1.96. The number of fused-ring (bicyclic) bond motifs is 1. The molecule has 5 heteroatoms. The summed E-state index contributed by atoms with van der Waals surface area (Å²) in [5.41, 5.74) is 0.558. The van der Waals surface area contributed by atoms with E-state index in [0.717, 1.165) is 31.0 Å². The molecule has 2 spiro atoms. The van der Waals surface area contributed by atoms with Crippen molar-refractivity contribution in [1.82, 2.24) is 4.90 Å². The van der Waals surface area contributed by atoms with Crippen LogP contribution in [0.2, 0.25) is 0 Å². The fourth-order valence-corrected chi connectivity index (χ4v) is 7.38. The number of likely N-dealkylation sites (tertiary alicyclic amines) is 1. The molecule has 1 aromatic carbocycles. The zero-order valence-corrected chi connectivity index (χ0v) is 14.0. The average molecular weight is 339 g/mol. The molecule has 5 atom stereocenters. The summed E-state index contributed by atoms with van der Waals surface area (Å²) in [6, 6.07) is 3.83. The van der Waals surface area contributed by atoms with E-state index in [-0.39, 0.29) is 23.0 Å². The molecule has 1 aromatic rings. The second-order valence-electron chi connectivity index (χ2n) is 9.30. The highest BCUT2D eigenvalue weighted by molar-refractivity contribution is 5.91. The molecule has 130 valence electrons. The lowest BCUT2D eigenvalue weighted by molar-refractivity contribution is -0.168. The van der Waals surface area contributed by atoms with E-state index in [1.54, 1.807) is 6.07 Å². The molecule has 1 saturated heterocycles. The number of phenols is 1. The van der Waals surface area contributed by atoms with Gasteiger partial charge in [-0.1, -0.05) is 6.07 Å². The molecule has 5 nitrogen and oxygen atoms in total. The van der Waals surface area contributed by atoms with Gasteiger partial charge in [-0.25, -0.2) is 0 Å². The van der Waals surface area contributed by atoms with Crippen molar-refractivity contribution in [2.24, 2.45) is 5.92 Å². The van der Waals surface area contributed by atoms with Gasteiger partial charge in [0.1, 0.15) is 0 Å². The number of ketones is 1. The van der Waals surface area contributed by atoms with Crippen molar-refractivity contribution in [2.75, 3.05) is 13.1 Å². The van der Waals surface area contributed by atoms with Gasteiger partial charge < -0.3 is 14.9 Å². The van der Waals surface area contributed by atoms with Gasteiger partial charge in [0, 0.05) is 30.5 Å². The first-order valence-corrected chi connectivity index (χ1v) is 9.54. The zero-order chi connectivity index (χ0) is 16.8. The van der Waals surface area contributed by atoms with E-state index in [2.05, 4.69) is 4.90 Å². The second kappa shape index (κ2) is 3.60.